The molecule has 0 amide bonds. The lowest BCUT2D eigenvalue weighted by Gasteiger charge is -2.09. The quantitative estimate of drug-likeness (QED) is 0.569. The highest BCUT2D eigenvalue weighted by atomic mass is 32.1. The van der Waals surface area contributed by atoms with Crippen LogP contribution in [-0.4, -0.2) is 17.4 Å². The number of thiol groups is 1. The van der Waals surface area contributed by atoms with Gasteiger partial charge in [-0.15, -0.1) is 0 Å². The monoisotopic (exact) mass is 131 g/mol. The average molecular weight is 131 g/mol. The Morgan fingerprint density at radius 2 is 2.25 bits per heavy atom. The van der Waals surface area contributed by atoms with E-state index in [0.29, 0.717) is 0 Å². The van der Waals surface area contributed by atoms with Gasteiger partial charge in [0.05, 0.1) is 0 Å². The highest BCUT2D eigenvalue weighted by Crippen LogP contribution is 2.29. The van der Waals surface area contributed by atoms with Gasteiger partial charge in [0.2, 0.25) is 0 Å². The van der Waals surface area contributed by atoms with Crippen molar-refractivity contribution in [2.24, 2.45) is 5.92 Å². The first-order chi connectivity index (χ1) is 3.83. The molecule has 1 aliphatic rings. The molecule has 1 saturated carbocycles. The van der Waals surface area contributed by atoms with Gasteiger partial charge in [-0.3, -0.25) is 4.31 Å². The van der Waals surface area contributed by atoms with Gasteiger partial charge >= 0.3 is 0 Å². The molecular formula is C6H13NS. The molecule has 0 aromatic rings. The molecule has 48 valence electrons. The van der Waals surface area contributed by atoms with E-state index in [1.165, 1.54) is 19.4 Å². The maximum atomic E-state index is 4.24. The second-order valence-electron chi connectivity index (χ2n) is 2.45. The average Bonchev–Trinajstić information content (AvgIpc) is 2.50. The van der Waals surface area contributed by atoms with Gasteiger partial charge in [-0.05, 0) is 18.8 Å². The van der Waals surface area contributed by atoms with E-state index in [4.69, 9.17) is 0 Å². The zero-order valence-electron chi connectivity index (χ0n) is 5.30. The summed E-state index contributed by atoms with van der Waals surface area (Å²) in [6.07, 6.45) is 2.86. The van der Waals surface area contributed by atoms with E-state index in [1.807, 2.05) is 0 Å². The van der Waals surface area contributed by atoms with E-state index >= 15 is 0 Å². The molecule has 0 spiro atoms. The minimum absolute atomic E-state index is 0.979. The summed E-state index contributed by atoms with van der Waals surface area (Å²) in [4.78, 5) is 0. The van der Waals surface area contributed by atoms with Gasteiger partial charge < -0.3 is 0 Å². The third-order valence-corrected chi connectivity index (χ3v) is 1.98. The maximum Gasteiger partial charge on any atom is 0.0115 e. The molecule has 1 aliphatic carbocycles. The molecule has 1 nitrogen and oxygen atoms in total. The van der Waals surface area contributed by atoms with Crippen LogP contribution in [0.5, 0.6) is 0 Å². The first kappa shape index (κ1) is 6.43. The van der Waals surface area contributed by atoms with Crippen LogP contribution in [0.25, 0.3) is 0 Å². The van der Waals surface area contributed by atoms with Crippen molar-refractivity contribution >= 4 is 12.8 Å². The summed E-state index contributed by atoms with van der Waals surface area (Å²) in [5.74, 6) is 0.979. The van der Waals surface area contributed by atoms with E-state index in [1.54, 1.807) is 0 Å². The number of hydrogen-bond acceptors (Lipinski definition) is 2. The third kappa shape index (κ3) is 2.05. The second-order valence-corrected chi connectivity index (χ2v) is 3.01. The molecule has 1 fully saturated rings. The van der Waals surface area contributed by atoms with Gasteiger partial charge in [-0.2, -0.15) is 0 Å². The van der Waals surface area contributed by atoms with Crippen molar-refractivity contribution in [3.8, 4) is 0 Å². The second kappa shape index (κ2) is 2.74. The molecule has 0 aliphatic heterocycles. The maximum absolute atomic E-state index is 4.24. The molecular weight excluding hydrogens is 118 g/mol. The molecule has 8 heavy (non-hydrogen) atoms. The molecule has 2 heteroatoms. The van der Waals surface area contributed by atoms with Crippen molar-refractivity contribution in [1.82, 2.24) is 4.31 Å². The first-order valence-electron chi connectivity index (χ1n) is 3.26. The summed E-state index contributed by atoms with van der Waals surface area (Å²) in [7, 11) is 0. The van der Waals surface area contributed by atoms with Gasteiger partial charge in [-0.1, -0.05) is 19.7 Å². The Hall–Kier alpha value is 0.310. The molecule has 0 bridgehead atoms. The van der Waals surface area contributed by atoms with Crippen LogP contribution in [0.15, 0.2) is 0 Å². The summed E-state index contributed by atoms with van der Waals surface area (Å²) in [5.41, 5.74) is 0. The number of hydrogen-bond donors (Lipinski definition) is 1. The SMILES string of the molecule is CCN(S)CC1CC1. The number of nitrogens with zero attached hydrogens (tertiary/aromatic N) is 1. The van der Waals surface area contributed by atoms with Crippen molar-refractivity contribution in [1.29, 1.82) is 0 Å². The van der Waals surface area contributed by atoms with Crippen molar-refractivity contribution in [3.63, 3.8) is 0 Å². The Morgan fingerprint density at radius 3 is 2.62 bits per heavy atom. The zero-order chi connectivity index (χ0) is 5.98. The summed E-state index contributed by atoms with van der Waals surface area (Å²) < 4.78 is 2.08. The summed E-state index contributed by atoms with van der Waals surface area (Å²) in [5, 5.41) is 0. The fourth-order valence-electron chi connectivity index (χ4n) is 0.728. The molecule has 0 N–H and O–H groups in total. The number of rotatable bonds is 3. The van der Waals surface area contributed by atoms with Gasteiger partial charge in [0.15, 0.2) is 0 Å². The van der Waals surface area contributed by atoms with Crippen LogP contribution in [0.2, 0.25) is 0 Å². The van der Waals surface area contributed by atoms with Crippen molar-refractivity contribution < 1.29 is 0 Å². The van der Waals surface area contributed by atoms with Crippen LogP contribution >= 0.6 is 12.8 Å². The van der Waals surface area contributed by atoms with E-state index in [2.05, 4.69) is 24.0 Å². The van der Waals surface area contributed by atoms with Crippen LogP contribution in [-0.2, 0) is 0 Å². The lowest BCUT2D eigenvalue weighted by atomic mass is 10.4. The van der Waals surface area contributed by atoms with Gasteiger partial charge in [0.1, 0.15) is 0 Å². The summed E-state index contributed by atoms with van der Waals surface area (Å²) in [6.45, 7) is 4.40. The van der Waals surface area contributed by atoms with Gasteiger partial charge in [0.25, 0.3) is 0 Å². The lowest BCUT2D eigenvalue weighted by molar-refractivity contribution is 0.476. The van der Waals surface area contributed by atoms with E-state index in [-0.39, 0.29) is 0 Å². The van der Waals surface area contributed by atoms with Crippen molar-refractivity contribution in [2.45, 2.75) is 19.8 Å². The van der Waals surface area contributed by atoms with Crippen LogP contribution in [0.1, 0.15) is 19.8 Å². The summed E-state index contributed by atoms with van der Waals surface area (Å²) in [6, 6.07) is 0. The van der Waals surface area contributed by atoms with E-state index in [0.717, 1.165) is 12.5 Å². The van der Waals surface area contributed by atoms with Gasteiger partial charge in [-0.25, -0.2) is 0 Å². The lowest BCUT2D eigenvalue weighted by Crippen LogP contribution is -2.13. The topological polar surface area (TPSA) is 3.24 Å². The van der Waals surface area contributed by atoms with Crippen LogP contribution in [0.4, 0.5) is 0 Å². The van der Waals surface area contributed by atoms with E-state index < -0.39 is 0 Å². The predicted octanol–water partition coefficient (Wildman–Crippen LogP) is 1.56. The molecule has 0 heterocycles. The molecule has 0 radical (unpaired) electrons. The van der Waals surface area contributed by atoms with Crippen LogP contribution in [0, 0.1) is 5.92 Å². The Bertz CT molecular complexity index is 70.9. The zero-order valence-corrected chi connectivity index (χ0v) is 6.19. The Labute approximate surface area is 56.6 Å². The highest BCUT2D eigenvalue weighted by Gasteiger charge is 2.22. The Kier molecular flexibility index (Phi) is 2.20. The third-order valence-electron chi connectivity index (χ3n) is 1.53. The van der Waals surface area contributed by atoms with Crippen LogP contribution in [0.3, 0.4) is 0 Å². The normalized spacial score (nSPS) is 19.9. The highest BCUT2D eigenvalue weighted by molar-refractivity contribution is 7.77. The van der Waals surface area contributed by atoms with E-state index in [9.17, 15) is 0 Å². The molecule has 0 atom stereocenters. The Morgan fingerprint density at radius 1 is 1.62 bits per heavy atom. The van der Waals surface area contributed by atoms with Gasteiger partial charge in [0, 0.05) is 13.1 Å². The molecule has 0 aromatic heterocycles. The molecule has 0 saturated heterocycles. The van der Waals surface area contributed by atoms with Crippen molar-refractivity contribution in [2.75, 3.05) is 13.1 Å². The minimum atomic E-state index is 0.979. The van der Waals surface area contributed by atoms with Crippen molar-refractivity contribution in [3.05, 3.63) is 0 Å². The molecule has 0 aromatic carbocycles. The standard InChI is InChI=1S/C6H13NS/c1-2-7(8)5-6-3-4-6/h6,8H,2-5H2,1H3. The largest absolute Gasteiger partial charge is 0.253 e. The first-order valence-corrected chi connectivity index (χ1v) is 3.66. The smallest absolute Gasteiger partial charge is 0.0115 e. The predicted molar refractivity (Wildman–Crippen MR) is 39.0 cm³/mol. The summed E-state index contributed by atoms with van der Waals surface area (Å²) >= 11 is 4.24. The fraction of sp³-hybridized carbons (Fsp3) is 1.00. The van der Waals surface area contributed by atoms with Crippen LogP contribution < -0.4 is 0 Å². The minimum Gasteiger partial charge on any atom is -0.253 e. The molecule has 0 unspecified atom stereocenters. The Balaban J connectivity index is 1.98. The molecule has 1 rings (SSSR count). The fourth-order valence-corrected chi connectivity index (χ4v) is 0.959.